The van der Waals surface area contributed by atoms with E-state index in [0.717, 1.165) is 29.8 Å². The molecule has 23 heavy (non-hydrogen) atoms. The van der Waals surface area contributed by atoms with Crippen LogP contribution in [0.4, 0.5) is 11.4 Å². The highest BCUT2D eigenvalue weighted by molar-refractivity contribution is 7.80. The van der Waals surface area contributed by atoms with E-state index in [4.69, 9.17) is 12.2 Å². The van der Waals surface area contributed by atoms with Crippen molar-refractivity contribution in [1.82, 2.24) is 5.32 Å². The number of carbonyl (C=O) groups is 2. The molecule has 2 amide bonds. The summed E-state index contributed by atoms with van der Waals surface area (Å²) in [5, 5.41) is 8.84. The van der Waals surface area contributed by atoms with Gasteiger partial charge >= 0.3 is 0 Å². The molecule has 1 aromatic rings. The van der Waals surface area contributed by atoms with E-state index in [1.165, 1.54) is 0 Å². The highest BCUT2D eigenvalue weighted by atomic mass is 32.1. The maximum Gasteiger partial charge on any atom is 0.227 e. The molecule has 1 saturated carbocycles. The molecule has 3 N–H and O–H groups in total. The quantitative estimate of drug-likeness (QED) is 0.724. The Morgan fingerprint density at radius 3 is 2.57 bits per heavy atom. The molecule has 124 valence electrons. The predicted octanol–water partition coefficient (Wildman–Crippen LogP) is 3.20. The number of anilines is 2. The topological polar surface area (TPSA) is 70.2 Å². The number of amides is 2. The van der Waals surface area contributed by atoms with Crippen molar-refractivity contribution in [2.24, 2.45) is 11.8 Å². The highest BCUT2D eigenvalue weighted by Gasteiger charge is 2.29. The lowest BCUT2D eigenvalue weighted by atomic mass is 10.1. The minimum Gasteiger partial charge on any atom is -0.332 e. The van der Waals surface area contributed by atoms with Crippen LogP contribution in [0.15, 0.2) is 18.2 Å². The van der Waals surface area contributed by atoms with Gasteiger partial charge in [-0.3, -0.25) is 9.59 Å². The molecular formula is C17H23N3O2S. The van der Waals surface area contributed by atoms with Crippen molar-refractivity contribution in [2.75, 3.05) is 10.6 Å². The molecule has 5 nitrogen and oxygen atoms in total. The van der Waals surface area contributed by atoms with Crippen molar-refractivity contribution in [2.45, 2.75) is 40.0 Å². The van der Waals surface area contributed by atoms with Gasteiger partial charge in [-0.15, -0.1) is 0 Å². The van der Waals surface area contributed by atoms with E-state index in [0.29, 0.717) is 6.42 Å². The van der Waals surface area contributed by atoms with Crippen molar-refractivity contribution in [3.05, 3.63) is 23.8 Å². The lowest BCUT2D eigenvalue weighted by Gasteiger charge is -2.13. The number of benzene rings is 1. The lowest BCUT2D eigenvalue weighted by Crippen LogP contribution is -2.34. The van der Waals surface area contributed by atoms with Crippen LogP contribution in [0.3, 0.4) is 0 Å². The molecule has 0 aromatic heterocycles. The number of thiocarbonyl (C=S) groups is 1. The minimum atomic E-state index is -0.105. The summed E-state index contributed by atoms with van der Waals surface area (Å²) < 4.78 is 0. The van der Waals surface area contributed by atoms with Crippen LogP contribution in [-0.2, 0) is 9.59 Å². The molecule has 0 aliphatic heterocycles. The number of aryl methyl sites for hydroxylation is 1. The average Bonchev–Trinajstić information content (AvgIpc) is 3.25. The van der Waals surface area contributed by atoms with E-state index in [-0.39, 0.29) is 28.8 Å². The summed E-state index contributed by atoms with van der Waals surface area (Å²) in [7, 11) is 0. The fourth-order valence-corrected chi connectivity index (χ4v) is 2.36. The van der Waals surface area contributed by atoms with E-state index in [1.807, 2.05) is 39.0 Å². The second kappa shape index (κ2) is 7.55. The molecule has 1 aromatic carbocycles. The van der Waals surface area contributed by atoms with Gasteiger partial charge in [-0.2, -0.15) is 0 Å². The fraction of sp³-hybridized carbons (Fsp3) is 0.471. The third kappa shape index (κ3) is 5.63. The van der Waals surface area contributed by atoms with Crippen LogP contribution in [0.25, 0.3) is 0 Å². The molecule has 6 heteroatoms. The lowest BCUT2D eigenvalue weighted by molar-refractivity contribution is -0.120. The third-order valence-electron chi connectivity index (χ3n) is 3.55. The Kier molecular flexibility index (Phi) is 5.71. The zero-order valence-electron chi connectivity index (χ0n) is 13.7. The Hall–Kier alpha value is -1.95. The molecule has 2 rings (SSSR count). The molecule has 1 fully saturated rings. The SMILES string of the molecule is Cc1ccc(NC(=S)NC(=O)CC(C)C)cc1NC(=O)C1CC1. The molecule has 0 heterocycles. The van der Waals surface area contributed by atoms with Crippen molar-refractivity contribution in [3.8, 4) is 0 Å². The summed E-state index contributed by atoms with van der Waals surface area (Å²) in [5.41, 5.74) is 2.49. The van der Waals surface area contributed by atoms with Gasteiger partial charge in [0.05, 0.1) is 0 Å². The first-order valence-electron chi connectivity index (χ1n) is 7.87. The predicted molar refractivity (Wildman–Crippen MR) is 96.4 cm³/mol. The van der Waals surface area contributed by atoms with Crippen LogP contribution in [0.5, 0.6) is 0 Å². The van der Waals surface area contributed by atoms with Crippen molar-refractivity contribution >= 4 is 40.5 Å². The number of carbonyl (C=O) groups excluding carboxylic acids is 2. The summed E-state index contributed by atoms with van der Waals surface area (Å²) in [6.45, 7) is 5.89. The number of hydrogen-bond acceptors (Lipinski definition) is 3. The average molecular weight is 333 g/mol. The van der Waals surface area contributed by atoms with Crippen molar-refractivity contribution in [1.29, 1.82) is 0 Å². The van der Waals surface area contributed by atoms with Gasteiger partial charge in [0, 0.05) is 23.7 Å². The largest absolute Gasteiger partial charge is 0.332 e. The third-order valence-corrected chi connectivity index (χ3v) is 3.75. The van der Waals surface area contributed by atoms with Crippen molar-refractivity contribution < 1.29 is 9.59 Å². The highest BCUT2D eigenvalue weighted by Crippen LogP contribution is 2.31. The fourth-order valence-electron chi connectivity index (χ4n) is 2.13. The molecule has 0 atom stereocenters. The molecule has 1 aliphatic rings. The number of rotatable bonds is 5. The zero-order chi connectivity index (χ0) is 17.0. The van der Waals surface area contributed by atoms with Gasteiger partial charge in [0.1, 0.15) is 0 Å². The molecule has 0 saturated heterocycles. The van der Waals surface area contributed by atoms with Crippen LogP contribution < -0.4 is 16.0 Å². The summed E-state index contributed by atoms with van der Waals surface area (Å²) in [6, 6.07) is 5.60. The standard InChI is InChI=1S/C17H23N3O2S/c1-10(2)8-15(21)20-17(23)18-13-7-4-11(3)14(9-13)19-16(22)12-5-6-12/h4,7,9-10,12H,5-6,8H2,1-3H3,(H,19,22)(H2,18,20,21,23). The van der Waals surface area contributed by atoms with Gasteiger partial charge in [0.2, 0.25) is 11.8 Å². The molecule has 0 unspecified atom stereocenters. The van der Waals surface area contributed by atoms with Gasteiger partial charge < -0.3 is 16.0 Å². The monoisotopic (exact) mass is 333 g/mol. The zero-order valence-corrected chi connectivity index (χ0v) is 14.5. The summed E-state index contributed by atoms with van der Waals surface area (Å²) in [6.07, 6.45) is 2.36. The Morgan fingerprint density at radius 1 is 1.26 bits per heavy atom. The van der Waals surface area contributed by atoms with E-state index in [2.05, 4.69) is 16.0 Å². The second-order valence-corrected chi connectivity index (χ2v) is 6.80. The summed E-state index contributed by atoms with van der Waals surface area (Å²) >= 11 is 5.15. The Bertz CT molecular complexity index is 624. The summed E-state index contributed by atoms with van der Waals surface area (Å²) in [4.78, 5) is 23.6. The Labute approximate surface area is 142 Å². The van der Waals surface area contributed by atoms with Gasteiger partial charge in [0.15, 0.2) is 5.11 Å². The first-order valence-corrected chi connectivity index (χ1v) is 8.28. The van der Waals surface area contributed by atoms with Gasteiger partial charge in [-0.1, -0.05) is 19.9 Å². The van der Waals surface area contributed by atoms with Crippen molar-refractivity contribution in [3.63, 3.8) is 0 Å². The molecule has 0 spiro atoms. The first-order chi connectivity index (χ1) is 10.8. The van der Waals surface area contributed by atoms with Crippen LogP contribution in [0.1, 0.15) is 38.7 Å². The molecule has 1 aliphatic carbocycles. The minimum absolute atomic E-state index is 0.0677. The molecule has 0 radical (unpaired) electrons. The van der Waals surface area contributed by atoms with E-state index in [9.17, 15) is 9.59 Å². The first kappa shape index (κ1) is 17.4. The van der Waals surface area contributed by atoms with E-state index >= 15 is 0 Å². The smallest absolute Gasteiger partial charge is 0.227 e. The van der Waals surface area contributed by atoms with E-state index in [1.54, 1.807) is 0 Å². The van der Waals surface area contributed by atoms with Gasteiger partial charge in [-0.05, 0) is 55.6 Å². The normalized spacial score (nSPS) is 13.6. The maximum atomic E-state index is 11.9. The maximum absolute atomic E-state index is 11.9. The Balaban J connectivity index is 1.95. The van der Waals surface area contributed by atoms with Gasteiger partial charge in [-0.25, -0.2) is 0 Å². The molecular weight excluding hydrogens is 310 g/mol. The van der Waals surface area contributed by atoms with Crippen LogP contribution in [0, 0.1) is 18.8 Å². The van der Waals surface area contributed by atoms with E-state index < -0.39 is 0 Å². The number of nitrogens with one attached hydrogen (secondary N) is 3. The van der Waals surface area contributed by atoms with Crippen LogP contribution in [0.2, 0.25) is 0 Å². The van der Waals surface area contributed by atoms with Crippen LogP contribution >= 0.6 is 12.2 Å². The molecule has 0 bridgehead atoms. The van der Waals surface area contributed by atoms with Gasteiger partial charge in [0.25, 0.3) is 0 Å². The number of hydrogen-bond donors (Lipinski definition) is 3. The summed E-state index contributed by atoms with van der Waals surface area (Å²) in [5.74, 6) is 0.397. The Morgan fingerprint density at radius 2 is 1.96 bits per heavy atom. The second-order valence-electron chi connectivity index (χ2n) is 6.39. The van der Waals surface area contributed by atoms with Crippen LogP contribution in [-0.4, -0.2) is 16.9 Å².